The predicted octanol–water partition coefficient (Wildman–Crippen LogP) is 3.22. The van der Waals surface area contributed by atoms with Gasteiger partial charge in [-0.05, 0) is 35.7 Å². The summed E-state index contributed by atoms with van der Waals surface area (Å²) in [6.07, 6.45) is 4.97. The average Bonchev–Trinajstić information content (AvgIpc) is 3.00. The Morgan fingerprint density at radius 3 is 2.50 bits per heavy atom. The van der Waals surface area contributed by atoms with Crippen molar-refractivity contribution in [2.75, 3.05) is 6.61 Å². The normalized spacial score (nSPS) is 9.75. The molecule has 0 saturated carbocycles. The highest BCUT2D eigenvalue weighted by Crippen LogP contribution is 2.16. The lowest BCUT2D eigenvalue weighted by Crippen LogP contribution is -2.07. The van der Waals surface area contributed by atoms with Crippen molar-refractivity contribution in [2.45, 2.75) is 6.42 Å². The molecule has 100 valence electrons. The summed E-state index contributed by atoms with van der Waals surface area (Å²) in [5, 5.41) is 1.81. The molecule has 0 radical (unpaired) electrons. The second-order valence-corrected chi connectivity index (χ2v) is 4.97. The first-order chi connectivity index (χ1) is 9.70. The van der Waals surface area contributed by atoms with E-state index in [0.717, 1.165) is 0 Å². The number of carbonyl (C=O) groups is 2. The summed E-state index contributed by atoms with van der Waals surface area (Å²) in [6.45, 7) is 0.185. The van der Waals surface area contributed by atoms with Crippen LogP contribution in [0.2, 0.25) is 0 Å². The Hall–Kier alpha value is -2.38. The molecule has 0 aliphatic heterocycles. The van der Waals surface area contributed by atoms with E-state index in [-0.39, 0.29) is 24.6 Å². The second-order valence-electron chi connectivity index (χ2n) is 4.02. The lowest BCUT2D eigenvalue weighted by atomic mass is 10.1. The van der Waals surface area contributed by atoms with Crippen LogP contribution in [0.15, 0.2) is 41.8 Å². The molecule has 0 aliphatic rings. The van der Waals surface area contributed by atoms with Crippen LogP contribution in [0.25, 0.3) is 0 Å². The van der Waals surface area contributed by atoms with Gasteiger partial charge in [0.1, 0.15) is 12.4 Å². The molecule has 1 aromatic carbocycles. The average molecular weight is 284 g/mol. The third kappa shape index (κ3) is 3.56. The minimum Gasteiger partial charge on any atom is -0.481 e. The SMILES string of the molecule is C#CCOc1ccc(C(=O)CC(=O)c2cccs2)cc1. The quantitative estimate of drug-likeness (QED) is 0.465. The summed E-state index contributed by atoms with van der Waals surface area (Å²) < 4.78 is 5.22. The molecule has 0 atom stereocenters. The summed E-state index contributed by atoms with van der Waals surface area (Å²) in [5.74, 6) is 2.61. The molecule has 20 heavy (non-hydrogen) atoms. The van der Waals surface area contributed by atoms with Crippen LogP contribution in [0.3, 0.4) is 0 Å². The largest absolute Gasteiger partial charge is 0.481 e. The molecule has 0 spiro atoms. The van der Waals surface area contributed by atoms with E-state index in [4.69, 9.17) is 11.2 Å². The van der Waals surface area contributed by atoms with E-state index in [1.165, 1.54) is 11.3 Å². The van der Waals surface area contributed by atoms with E-state index < -0.39 is 0 Å². The van der Waals surface area contributed by atoms with Crippen LogP contribution in [-0.2, 0) is 0 Å². The van der Waals surface area contributed by atoms with E-state index in [9.17, 15) is 9.59 Å². The van der Waals surface area contributed by atoms with Gasteiger partial charge >= 0.3 is 0 Å². The summed E-state index contributed by atoms with van der Waals surface area (Å²) in [5.41, 5.74) is 0.489. The topological polar surface area (TPSA) is 43.4 Å². The first-order valence-corrected chi connectivity index (χ1v) is 6.85. The highest BCUT2D eigenvalue weighted by Gasteiger charge is 2.14. The van der Waals surface area contributed by atoms with E-state index in [1.807, 2.05) is 5.38 Å². The molecule has 4 heteroatoms. The Kier molecular flexibility index (Phi) is 4.70. The minimum absolute atomic E-state index is 0.120. The number of benzene rings is 1. The molecule has 0 unspecified atom stereocenters. The van der Waals surface area contributed by atoms with Crippen molar-refractivity contribution in [3.63, 3.8) is 0 Å². The van der Waals surface area contributed by atoms with Crippen LogP contribution in [-0.4, -0.2) is 18.2 Å². The van der Waals surface area contributed by atoms with Gasteiger partial charge in [-0.2, -0.15) is 0 Å². The number of ketones is 2. The maximum atomic E-state index is 12.0. The minimum atomic E-state index is -0.202. The second kappa shape index (κ2) is 6.69. The van der Waals surface area contributed by atoms with E-state index in [1.54, 1.807) is 36.4 Å². The van der Waals surface area contributed by atoms with Gasteiger partial charge in [0.15, 0.2) is 11.6 Å². The fourth-order valence-corrected chi connectivity index (χ4v) is 2.30. The summed E-state index contributed by atoms with van der Waals surface area (Å²) >= 11 is 1.34. The lowest BCUT2D eigenvalue weighted by molar-refractivity contribution is 0.0896. The number of Topliss-reactive ketones (excluding diaryl/α,β-unsaturated/α-hetero) is 2. The predicted molar refractivity (Wildman–Crippen MR) is 78.4 cm³/mol. The summed E-state index contributed by atoms with van der Waals surface area (Å²) in [6, 6.07) is 10.1. The third-order valence-electron chi connectivity index (χ3n) is 2.62. The van der Waals surface area contributed by atoms with Crippen LogP contribution in [0, 0.1) is 12.3 Å². The highest BCUT2D eigenvalue weighted by atomic mass is 32.1. The van der Waals surface area contributed by atoms with E-state index in [0.29, 0.717) is 16.2 Å². The van der Waals surface area contributed by atoms with Gasteiger partial charge in [0.05, 0.1) is 11.3 Å². The number of terminal acetylenes is 1. The van der Waals surface area contributed by atoms with Gasteiger partial charge in [0.2, 0.25) is 0 Å². The molecule has 0 saturated heterocycles. The van der Waals surface area contributed by atoms with Crippen molar-refractivity contribution in [1.29, 1.82) is 0 Å². The number of rotatable bonds is 6. The molecule has 3 nitrogen and oxygen atoms in total. The molecular weight excluding hydrogens is 272 g/mol. The van der Waals surface area contributed by atoms with E-state index in [2.05, 4.69) is 5.92 Å². The highest BCUT2D eigenvalue weighted by molar-refractivity contribution is 7.12. The fourth-order valence-electron chi connectivity index (χ4n) is 1.63. The Bertz CT molecular complexity index is 633. The first kappa shape index (κ1) is 14.0. The molecular formula is C16H12O3S. The van der Waals surface area contributed by atoms with Crippen molar-refractivity contribution < 1.29 is 14.3 Å². The summed E-state index contributed by atoms with van der Waals surface area (Å²) in [7, 11) is 0. The Morgan fingerprint density at radius 1 is 1.15 bits per heavy atom. The maximum Gasteiger partial charge on any atom is 0.180 e. The molecule has 0 fully saturated rings. The molecule has 2 rings (SSSR count). The molecule has 0 aliphatic carbocycles. The van der Waals surface area contributed by atoms with Crippen molar-refractivity contribution in [1.82, 2.24) is 0 Å². The van der Waals surface area contributed by atoms with Crippen LogP contribution in [0.1, 0.15) is 26.5 Å². The maximum absolute atomic E-state index is 12.0. The number of hydrogen-bond donors (Lipinski definition) is 0. The van der Waals surface area contributed by atoms with E-state index >= 15 is 0 Å². The molecule has 2 aromatic rings. The monoisotopic (exact) mass is 284 g/mol. The van der Waals surface area contributed by atoms with Crippen molar-refractivity contribution in [3.05, 3.63) is 52.2 Å². The summed E-state index contributed by atoms with van der Waals surface area (Å²) in [4.78, 5) is 24.4. The van der Waals surface area contributed by atoms with Crippen LogP contribution in [0.5, 0.6) is 5.75 Å². The fraction of sp³-hybridized carbons (Fsp3) is 0.125. The van der Waals surface area contributed by atoms with Crippen molar-refractivity contribution in [3.8, 4) is 18.1 Å². The zero-order valence-electron chi connectivity index (χ0n) is 10.7. The van der Waals surface area contributed by atoms with Gasteiger partial charge < -0.3 is 4.74 Å². The van der Waals surface area contributed by atoms with Gasteiger partial charge in [0.25, 0.3) is 0 Å². The van der Waals surface area contributed by atoms with Crippen LogP contribution < -0.4 is 4.74 Å². The lowest BCUT2D eigenvalue weighted by Gasteiger charge is -2.03. The zero-order chi connectivity index (χ0) is 14.4. The number of carbonyl (C=O) groups excluding carboxylic acids is 2. The van der Waals surface area contributed by atoms with Gasteiger partial charge in [-0.15, -0.1) is 17.8 Å². The third-order valence-corrected chi connectivity index (χ3v) is 3.53. The first-order valence-electron chi connectivity index (χ1n) is 5.97. The molecule has 0 N–H and O–H groups in total. The van der Waals surface area contributed by atoms with Crippen molar-refractivity contribution >= 4 is 22.9 Å². The van der Waals surface area contributed by atoms with Crippen LogP contribution >= 0.6 is 11.3 Å². The zero-order valence-corrected chi connectivity index (χ0v) is 11.5. The van der Waals surface area contributed by atoms with Gasteiger partial charge in [-0.25, -0.2) is 0 Å². The number of thiophene rings is 1. The molecule has 1 heterocycles. The number of ether oxygens (including phenoxy) is 1. The smallest absolute Gasteiger partial charge is 0.180 e. The van der Waals surface area contributed by atoms with Gasteiger partial charge in [0, 0.05) is 5.56 Å². The Morgan fingerprint density at radius 2 is 1.90 bits per heavy atom. The van der Waals surface area contributed by atoms with Crippen molar-refractivity contribution in [2.24, 2.45) is 0 Å². The molecule has 0 amide bonds. The molecule has 1 aromatic heterocycles. The Labute approximate surface area is 121 Å². The van der Waals surface area contributed by atoms with Gasteiger partial charge in [-0.1, -0.05) is 12.0 Å². The number of hydrogen-bond acceptors (Lipinski definition) is 4. The Balaban J connectivity index is 1.99. The standard InChI is InChI=1S/C16H12O3S/c1-2-9-19-13-7-5-12(6-8-13)14(17)11-15(18)16-4-3-10-20-16/h1,3-8,10H,9,11H2. The van der Waals surface area contributed by atoms with Crippen LogP contribution in [0.4, 0.5) is 0 Å². The molecule has 0 bridgehead atoms. The van der Waals surface area contributed by atoms with Gasteiger partial charge in [-0.3, -0.25) is 9.59 Å².